The van der Waals surface area contributed by atoms with Gasteiger partial charge in [-0.2, -0.15) is 0 Å². The van der Waals surface area contributed by atoms with Crippen molar-refractivity contribution in [3.63, 3.8) is 0 Å². The van der Waals surface area contributed by atoms with Gasteiger partial charge < -0.3 is 4.74 Å². The lowest BCUT2D eigenvalue weighted by atomic mass is 10.1. The quantitative estimate of drug-likeness (QED) is 0.605. The highest BCUT2D eigenvalue weighted by Crippen LogP contribution is 2.18. The second-order valence-electron chi connectivity index (χ2n) is 6.13. The number of sulfone groups is 1. The van der Waals surface area contributed by atoms with E-state index in [9.17, 15) is 13.2 Å². The van der Waals surface area contributed by atoms with Crippen molar-refractivity contribution in [1.82, 2.24) is 10.2 Å². The van der Waals surface area contributed by atoms with Crippen LogP contribution in [0.4, 0.5) is 5.13 Å². The van der Waals surface area contributed by atoms with E-state index in [-0.39, 0.29) is 11.7 Å². The van der Waals surface area contributed by atoms with Gasteiger partial charge in [0.2, 0.25) is 5.13 Å². The molecule has 0 saturated carbocycles. The molecular formula is C19H19N3O4S2. The van der Waals surface area contributed by atoms with Crippen LogP contribution in [0.15, 0.2) is 54.6 Å². The van der Waals surface area contributed by atoms with Gasteiger partial charge in [-0.25, -0.2) is 8.42 Å². The minimum atomic E-state index is -3.11. The Morgan fingerprint density at radius 3 is 2.46 bits per heavy atom. The Kier molecular flexibility index (Phi) is 6.37. The molecule has 1 aromatic heterocycles. The number of hydrogen-bond donors (Lipinski definition) is 1. The van der Waals surface area contributed by atoms with Crippen molar-refractivity contribution in [2.24, 2.45) is 0 Å². The average Bonchev–Trinajstić information content (AvgIpc) is 3.09. The maximum Gasteiger partial charge on any atom is 0.257 e. The Morgan fingerprint density at radius 1 is 1.07 bits per heavy atom. The van der Waals surface area contributed by atoms with Gasteiger partial charge in [0.25, 0.3) is 5.91 Å². The molecule has 1 heterocycles. The fraction of sp³-hybridized carbons (Fsp3) is 0.211. The van der Waals surface area contributed by atoms with E-state index in [0.29, 0.717) is 29.3 Å². The van der Waals surface area contributed by atoms with Gasteiger partial charge in [-0.3, -0.25) is 10.1 Å². The van der Waals surface area contributed by atoms with Gasteiger partial charge in [-0.05, 0) is 29.8 Å². The molecule has 0 fully saturated rings. The van der Waals surface area contributed by atoms with Crippen LogP contribution < -0.4 is 10.1 Å². The summed E-state index contributed by atoms with van der Waals surface area (Å²) in [6, 6.07) is 15.9. The smallest absolute Gasteiger partial charge is 0.257 e. The first-order chi connectivity index (χ1) is 13.4. The molecule has 0 atom stereocenters. The number of carbonyl (C=O) groups is 1. The number of para-hydroxylation sites is 1. The van der Waals surface area contributed by atoms with E-state index < -0.39 is 9.84 Å². The van der Waals surface area contributed by atoms with Crippen LogP contribution in [-0.4, -0.2) is 37.4 Å². The summed E-state index contributed by atoms with van der Waals surface area (Å²) in [6.07, 6.45) is 1.76. The number of carbonyl (C=O) groups excluding carboxylic acids is 1. The first-order valence-corrected chi connectivity index (χ1v) is 11.3. The number of nitrogens with one attached hydrogen (secondary N) is 1. The first kappa shape index (κ1) is 20.0. The van der Waals surface area contributed by atoms with Crippen LogP contribution in [0.2, 0.25) is 0 Å². The van der Waals surface area contributed by atoms with Gasteiger partial charge in [0.15, 0.2) is 9.84 Å². The van der Waals surface area contributed by atoms with Crippen LogP contribution in [0.5, 0.6) is 5.75 Å². The van der Waals surface area contributed by atoms with Gasteiger partial charge >= 0.3 is 0 Å². The monoisotopic (exact) mass is 417 g/mol. The molecule has 0 radical (unpaired) electrons. The maximum absolute atomic E-state index is 12.3. The standard InChI is InChI=1S/C19H19N3O4S2/c1-28(24,25)13-14-7-9-15(10-8-14)18(23)20-19-22-21-17(27-19)11-12-26-16-5-3-2-4-6-16/h2-10H,11-13H2,1H3,(H,20,22,23). The molecule has 0 aliphatic carbocycles. The van der Waals surface area contributed by atoms with Crippen molar-refractivity contribution in [3.05, 3.63) is 70.7 Å². The molecule has 28 heavy (non-hydrogen) atoms. The number of nitrogens with zero attached hydrogens (tertiary/aromatic N) is 2. The highest BCUT2D eigenvalue weighted by Gasteiger charge is 2.11. The number of ether oxygens (including phenoxy) is 1. The van der Waals surface area contributed by atoms with Crippen LogP contribution in [-0.2, 0) is 22.0 Å². The number of rotatable bonds is 8. The zero-order chi connectivity index (χ0) is 20.0. The van der Waals surface area contributed by atoms with Crippen molar-refractivity contribution < 1.29 is 17.9 Å². The minimum absolute atomic E-state index is 0.0558. The summed E-state index contributed by atoms with van der Waals surface area (Å²) in [4.78, 5) is 12.3. The Morgan fingerprint density at radius 2 is 1.79 bits per heavy atom. The SMILES string of the molecule is CS(=O)(=O)Cc1ccc(C(=O)Nc2nnc(CCOc3ccccc3)s2)cc1. The summed E-state index contributed by atoms with van der Waals surface area (Å²) >= 11 is 1.29. The Hall–Kier alpha value is -2.78. The van der Waals surface area contributed by atoms with Gasteiger partial charge in [0.1, 0.15) is 10.8 Å². The van der Waals surface area contributed by atoms with E-state index in [1.54, 1.807) is 24.3 Å². The van der Waals surface area contributed by atoms with E-state index in [0.717, 1.165) is 10.8 Å². The highest BCUT2D eigenvalue weighted by molar-refractivity contribution is 7.89. The molecule has 2 aromatic carbocycles. The molecule has 146 valence electrons. The maximum atomic E-state index is 12.3. The van der Waals surface area contributed by atoms with Crippen molar-refractivity contribution >= 4 is 32.2 Å². The lowest BCUT2D eigenvalue weighted by Gasteiger charge is -2.04. The molecule has 7 nitrogen and oxygen atoms in total. The summed E-state index contributed by atoms with van der Waals surface area (Å²) in [5.74, 6) is 0.411. The van der Waals surface area contributed by atoms with Crippen LogP contribution in [0.3, 0.4) is 0 Å². The molecule has 3 rings (SSSR count). The fourth-order valence-electron chi connectivity index (χ4n) is 2.40. The number of anilines is 1. The van der Waals surface area contributed by atoms with Crippen molar-refractivity contribution in [2.45, 2.75) is 12.2 Å². The van der Waals surface area contributed by atoms with Crippen LogP contribution >= 0.6 is 11.3 Å². The van der Waals surface area contributed by atoms with E-state index in [2.05, 4.69) is 15.5 Å². The van der Waals surface area contributed by atoms with E-state index >= 15 is 0 Å². The summed E-state index contributed by atoms with van der Waals surface area (Å²) in [7, 11) is -3.11. The third-order valence-electron chi connectivity index (χ3n) is 3.66. The Bertz CT molecular complexity index is 1030. The third kappa shape index (κ3) is 6.14. The summed E-state index contributed by atoms with van der Waals surface area (Å²) in [5, 5.41) is 11.9. The van der Waals surface area contributed by atoms with Crippen LogP contribution in [0.1, 0.15) is 20.9 Å². The second kappa shape index (κ2) is 8.94. The Balaban J connectivity index is 1.52. The molecule has 0 bridgehead atoms. The molecule has 0 aliphatic rings. The molecule has 1 N–H and O–H groups in total. The fourth-order valence-corrected chi connectivity index (χ4v) is 3.92. The lowest BCUT2D eigenvalue weighted by Crippen LogP contribution is -2.11. The number of benzene rings is 2. The summed E-state index contributed by atoms with van der Waals surface area (Å²) < 4.78 is 28.3. The molecular weight excluding hydrogens is 398 g/mol. The van der Waals surface area contributed by atoms with Gasteiger partial charge in [-0.1, -0.05) is 41.7 Å². The topological polar surface area (TPSA) is 98.2 Å². The third-order valence-corrected chi connectivity index (χ3v) is 5.42. The zero-order valence-corrected chi connectivity index (χ0v) is 16.8. The second-order valence-corrected chi connectivity index (χ2v) is 9.34. The van der Waals surface area contributed by atoms with Crippen LogP contribution in [0.25, 0.3) is 0 Å². The number of hydrogen-bond acceptors (Lipinski definition) is 7. The van der Waals surface area contributed by atoms with Crippen molar-refractivity contribution in [2.75, 3.05) is 18.2 Å². The van der Waals surface area contributed by atoms with Gasteiger partial charge in [0.05, 0.1) is 12.4 Å². The summed E-state index contributed by atoms with van der Waals surface area (Å²) in [5.41, 5.74) is 1.05. The van der Waals surface area contributed by atoms with Gasteiger partial charge in [0, 0.05) is 18.2 Å². The van der Waals surface area contributed by atoms with Crippen LogP contribution in [0, 0.1) is 0 Å². The Labute approximate surface area is 167 Å². The summed E-state index contributed by atoms with van der Waals surface area (Å²) in [6.45, 7) is 0.467. The van der Waals surface area contributed by atoms with E-state index in [4.69, 9.17) is 4.74 Å². The van der Waals surface area contributed by atoms with E-state index in [1.165, 1.54) is 17.6 Å². The molecule has 0 unspecified atom stereocenters. The molecule has 9 heteroatoms. The molecule has 3 aromatic rings. The largest absolute Gasteiger partial charge is 0.493 e. The first-order valence-electron chi connectivity index (χ1n) is 8.47. The normalized spacial score (nSPS) is 11.2. The van der Waals surface area contributed by atoms with Crippen molar-refractivity contribution in [3.8, 4) is 5.75 Å². The molecule has 1 amide bonds. The lowest BCUT2D eigenvalue weighted by molar-refractivity contribution is 0.102. The van der Waals surface area contributed by atoms with Gasteiger partial charge in [-0.15, -0.1) is 10.2 Å². The highest BCUT2D eigenvalue weighted by atomic mass is 32.2. The predicted octanol–water partition coefficient (Wildman–Crippen LogP) is 2.96. The van der Waals surface area contributed by atoms with Crippen molar-refractivity contribution in [1.29, 1.82) is 0 Å². The van der Waals surface area contributed by atoms with E-state index in [1.807, 2.05) is 30.3 Å². The molecule has 0 saturated heterocycles. The number of amides is 1. The average molecular weight is 418 g/mol. The molecule has 0 aliphatic heterocycles. The predicted molar refractivity (Wildman–Crippen MR) is 108 cm³/mol. The zero-order valence-electron chi connectivity index (χ0n) is 15.2. The minimum Gasteiger partial charge on any atom is -0.493 e. The molecule has 0 spiro atoms. The number of aromatic nitrogens is 2.